The topological polar surface area (TPSA) is 86.3 Å². The lowest BCUT2D eigenvalue weighted by Gasteiger charge is -2.40. The number of rotatable bonds is 9. The third-order valence-electron chi connectivity index (χ3n) is 4.88. The van der Waals surface area contributed by atoms with E-state index in [1.165, 1.54) is 0 Å². The first-order valence-corrected chi connectivity index (χ1v) is 9.42. The number of carbonyl (C=O) groups is 1. The molecule has 152 valence electrons. The van der Waals surface area contributed by atoms with E-state index in [4.69, 9.17) is 18.9 Å². The van der Waals surface area contributed by atoms with E-state index in [0.717, 1.165) is 0 Å². The standard InChI is InChI=1S/C20H31NO6/c1-5-26-18-11-14(10-17(25-4)19(18)27-6-2)20(23)21-15-9-13(12-22)7-8-16(15)24-3/h7-9,14,17-19,22H,5-6,10-12H2,1-4H3,(H,21,23). The van der Waals surface area contributed by atoms with E-state index in [1.54, 1.807) is 32.4 Å². The van der Waals surface area contributed by atoms with Crippen molar-refractivity contribution in [2.45, 2.75) is 51.6 Å². The van der Waals surface area contributed by atoms with Gasteiger partial charge in [-0.1, -0.05) is 6.07 Å². The summed E-state index contributed by atoms with van der Waals surface area (Å²) in [4.78, 5) is 12.9. The van der Waals surface area contributed by atoms with Gasteiger partial charge in [0.05, 0.1) is 31.6 Å². The first-order chi connectivity index (χ1) is 13.1. The van der Waals surface area contributed by atoms with Crippen LogP contribution in [0.1, 0.15) is 32.3 Å². The van der Waals surface area contributed by atoms with Crippen molar-refractivity contribution in [3.05, 3.63) is 23.8 Å². The molecule has 1 aliphatic rings. The quantitative estimate of drug-likeness (QED) is 0.683. The van der Waals surface area contributed by atoms with Crippen LogP contribution < -0.4 is 10.1 Å². The molecule has 1 saturated carbocycles. The van der Waals surface area contributed by atoms with E-state index >= 15 is 0 Å². The van der Waals surface area contributed by atoms with Gasteiger partial charge < -0.3 is 29.4 Å². The lowest BCUT2D eigenvalue weighted by atomic mass is 9.82. The van der Waals surface area contributed by atoms with Gasteiger partial charge in [-0.05, 0) is 44.4 Å². The minimum Gasteiger partial charge on any atom is -0.495 e. The number of carbonyl (C=O) groups excluding carboxylic acids is 1. The lowest BCUT2D eigenvalue weighted by Crippen LogP contribution is -2.50. The molecule has 0 bridgehead atoms. The molecule has 0 spiro atoms. The molecule has 0 heterocycles. The van der Waals surface area contributed by atoms with Crippen molar-refractivity contribution in [1.29, 1.82) is 0 Å². The SMILES string of the molecule is CCOC1CC(C(=O)Nc2cc(CO)ccc2OC)CC(OC)C1OCC. The maximum Gasteiger partial charge on any atom is 0.227 e. The van der Waals surface area contributed by atoms with Crippen molar-refractivity contribution in [2.75, 3.05) is 32.8 Å². The Morgan fingerprint density at radius 3 is 2.44 bits per heavy atom. The zero-order valence-corrected chi connectivity index (χ0v) is 16.6. The molecule has 2 rings (SSSR count). The van der Waals surface area contributed by atoms with Gasteiger partial charge in [0.2, 0.25) is 5.91 Å². The molecule has 1 aliphatic carbocycles. The maximum atomic E-state index is 12.9. The molecular weight excluding hydrogens is 350 g/mol. The van der Waals surface area contributed by atoms with Gasteiger partial charge in [0.1, 0.15) is 11.9 Å². The summed E-state index contributed by atoms with van der Waals surface area (Å²) in [6, 6.07) is 5.21. The Bertz CT molecular complexity index is 608. The zero-order valence-electron chi connectivity index (χ0n) is 16.6. The largest absolute Gasteiger partial charge is 0.495 e. The van der Waals surface area contributed by atoms with Crippen LogP contribution in [0.3, 0.4) is 0 Å². The molecule has 1 fully saturated rings. The molecule has 0 aromatic heterocycles. The van der Waals surface area contributed by atoms with Crippen LogP contribution in [0.2, 0.25) is 0 Å². The highest BCUT2D eigenvalue weighted by atomic mass is 16.6. The average Bonchev–Trinajstić information content (AvgIpc) is 2.69. The second-order valence-corrected chi connectivity index (χ2v) is 6.54. The molecule has 0 saturated heterocycles. The van der Waals surface area contributed by atoms with E-state index in [2.05, 4.69) is 5.32 Å². The number of methoxy groups -OCH3 is 2. The Morgan fingerprint density at radius 1 is 1.15 bits per heavy atom. The third kappa shape index (κ3) is 5.42. The molecular formula is C20H31NO6. The summed E-state index contributed by atoms with van der Waals surface area (Å²) in [6.07, 6.45) is 0.521. The van der Waals surface area contributed by atoms with Gasteiger partial charge in [-0.15, -0.1) is 0 Å². The highest BCUT2D eigenvalue weighted by Crippen LogP contribution is 2.33. The molecule has 1 aromatic carbocycles. The minimum absolute atomic E-state index is 0.107. The molecule has 0 aliphatic heterocycles. The smallest absolute Gasteiger partial charge is 0.227 e. The van der Waals surface area contributed by atoms with E-state index in [0.29, 0.717) is 43.1 Å². The summed E-state index contributed by atoms with van der Waals surface area (Å²) in [5.41, 5.74) is 1.25. The molecule has 4 atom stereocenters. The van der Waals surface area contributed by atoms with Gasteiger partial charge in [-0.3, -0.25) is 4.79 Å². The van der Waals surface area contributed by atoms with Crippen LogP contribution in [-0.4, -0.2) is 56.8 Å². The number of hydrogen-bond acceptors (Lipinski definition) is 6. The average molecular weight is 381 g/mol. The number of amides is 1. The summed E-state index contributed by atoms with van der Waals surface area (Å²) >= 11 is 0. The fourth-order valence-corrected chi connectivity index (χ4v) is 3.58. The second-order valence-electron chi connectivity index (χ2n) is 6.54. The molecule has 2 N–H and O–H groups in total. The lowest BCUT2D eigenvalue weighted by molar-refractivity contribution is -0.162. The van der Waals surface area contributed by atoms with Gasteiger partial charge in [0.15, 0.2) is 0 Å². The van der Waals surface area contributed by atoms with Gasteiger partial charge in [0.25, 0.3) is 0 Å². The fourth-order valence-electron chi connectivity index (χ4n) is 3.58. The number of hydrogen-bond donors (Lipinski definition) is 2. The summed E-state index contributed by atoms with van der Waals surface area (Å²) in [5.74, 6) is 0.156. The van der Waals surface area contributed by atoms with Gasteiger partial charge in [-0.25, -0.2) is 0 Å². The Balaban J connectivity index is 2.16. The van der Waals surface area contributed by atoms with Crippen LogP contribution in [-0.2, 0) is 25.6 Å². The van der Waals surface area contributed by atoms with Crippen LogP contribution in [0, 0.1) is 5.92 Å². The monoisotopic (exact) mass is 381 g/mol. The van der Waals surface area contributed by atoms with Crippen LogP contribution in [0.4, 0.5) is 5.69 Å². The molecule has 4 unspecified atom stereocenters. The Morgan fingerprint density at radius 2 is 1.85 bits per heavy atom. The van der Waals surface area contributed by atoms with Crippen LogP contribution >= 0.6 is 0 Å². The van der Waals surface area contributed by atoms with E-state index in [9.17, 15) is 9.90 Å². The Kier molecular flexibility index (Phi) is 8.50. The van der Waals surface area contributed by atoms with Crippen molar-refractivity contribution in [2.24, 2.45) is 5.92 Å². The van der Waals surface area contributed by atoms with Crippen molar-refractivity contribution < 1.29 is 28.8 Å². The highest BCUT2D eigenvalue weighted by Gasteiger charge is 2.42. The zero-order chi connectivity index (χ0) is 19.8. The fraction of sp³-hybridized carbons (Fsp3) is 0.650. The number of ether oxygens (including phenoxy) is 4. The van der Waals surface area contributed by atoms with Gasteiger partial charge in [0, 0.05) is 26.2 Å². The van der Waals surface area contributed by atoms with Gasteiger partial charge >= 0.3 is 0 Å². The molecule has 27 heavy (non-hydrogen) atoms. The van der Waals surface area contributed by atoms with Crippen molar-refractivity contribution in [1.82, 2.24) is 0 Å². The second kappa shape index (κ2) is 10.6. The molecule has 7 heteroatoms. The normalized spacial score (nSPS) is 25.2. The summed E-state index contributed by atoms with van der Waals surface area (Å²) in [7, 11) is 3.18. The minimum atomic E-state index is -0.273. The molecule has 1 aromatic rings. The van der Waals surface area contributed by atoms with Crippen LogP contribution in [0.5, 0.6) is 5.75 Å². The number of aliphatic hydroxyl groups is 1. The van der Waals surface area contributed by atoms with Crippen molar-refractivity contribution in [3.8, 4) is 5.75 Å². The molecule has 0 radical (unpaired) electrons. The summed E-state index contributed by atoms with van der Waals surface area (Å²) in [5, 5.41) is 12.3. The van der Waals surface area contributed by atoms with Gasteiger partial charge in [-0.2, -0.15) is 0 Å². The van der Waals surface area contributed by atoms with Crippen molar-refractivity contribution >= 4 is 11.6 Å². The van der Waals surface area contributed by atoms with Crippen LogP contribution in [0.25, 0.3) is 0 Å². The Labute approximate surface area is 160 Å². The highest BCUT2D eigenvalue weighted by molar-refractivity contribution is 5.94. The summed E-state index contributed by atoms with van der Waals surface area (Å²) in [6.45, 7) is 4.88. The van der Waals surface area contributed by atoms with E-state index in [-0.39, 0.29) is 36.7 Å². The maximum absolute atomic E-state index is 12.9. The third-order valence-corrected chi connectivity index (χ3v) is 4.88. The van der Waals surface area contributed by atoms with Crippen molar-refractivity contribution in [3.63, 3.8) is 0 Å². The van der Waals surface area contributed by atoms with E-state index < -0.39 is 0 Å². The first-order valence-electron chi connectivity index (χ1n) is 9.42. The predicted octanol–water partition coefficient (Wildman–Crippen LogP) is 2.36. The molecule has 1 amide bonds. The number of aliphatic hydroxyl groups excluding tert-OH is 1. The van der Waals surface area contributed by atoms with Crippen LogP contribution in [0.15, 0.2) is 18.2 Å². The molecule has 7 nitrogen and oxygen atoms in total. The Hall–Kier alpha value is -1.67. The number of benzene rings is 1. The predicted molar refractivity (Wildman–Crippen MR) is 102 cm³/mol. The number of anilines is 1. The first kappa shape index (κ1) is 21.6. The summed E-state index contributed by atoms with van der Waals surface area (Å²) < 4.78 is 22.6. The van der Waals surface area contributed by atoms with E-state index in [1.807, 2.05) is 13.8 Å². The number of nitrogens with one attached hydrogen (secondary N) is 1.